The van der Waals surface area contributed by atoms with E-state index in [4.69, 9.17) is 21.4 Å². The van der Waals surface area contributed by atoms with Crippen molar-refractivity contribution < 1.29 is 4.52 Å². The van der Waals surface area contributed by atoms with Crippen LogP contribution in [0.1, 0.15) is 17.3 Å². The molecule has 0 aliphatic heterocycles. The molecule has 0 atom stereocenters. The van der Waals surface area contributed by atoms with E-state index in [2.05, 4.69) is 10.1 Å². The van der Waals surface area contributed by atoms with Crippen LogP contribution in [-0.2, 0) is 19.3 Å². The molecule has 1 aromatic carbocycles. The van der Waals surface area contributed by atoms with Gasteiger partial charge in [-0.1, -0.05) is 28.9 Å². The first-order valence-electron chi connectivity index (χ1n) is 5.21. The van der Waals surface area contributed by atoms with E-state index in [1.165, 1.54) is 0 Å². The van der Waals surface area contributed by atoms with Crippen molar-refractivity contribution >= 4 is 11.6 Å². The Balaban J connectivity index is 1.93. The number of aromatic nitrogens is 2. The van der Waals surface area contributed by atoms with Crippen molar-refractivity contribution in [3.8, 4) is 6.07 Å². The van der Waals surface area contributed by atoms with Crippen molar-refractivity contribution in [2.45, 2.75) is 19.3 Å². The van der Waals surface area contributed by atoms with E-state index in [0.29, 0.717) is 18.1 Å². The van der Waals surface area contributed by atoms with Gasteiger partial charge in [0.25, 0.3) is 0 Å². The van der Waals surface area contributed by atoms with Crippen LogP contribution < -0.4 is 0 Å². The molecule has 17 heavy (non-hydrogen) atoms. The Bertz CT molecular complexity index is 527. The number of hydrogen-bond acceptors (Lipinski definition) is 4. The molecule has 0 saturated heterocycles. The Morgan fingerprint density at radius 2 is 2.00 bits per heavy atom. The highest BCUT2D eigenvalue weighted by Gasteiger charge is 2.05. The molecule has 0 aliphatic rings. The van der Waals surface area contributed by atoms with Crippen molar-refractivity contribution in [1.29, 1.82) is 5.26 Å². The minimum Gasteiger partial charge on any atom is -0.339 e. The molecule has 0 bridgehead atoms. The van der Waals surface area contributed by atoms with Gasteiger partial charge in [-0.05, 0) is 24.1 Å². The number of hydrogen-bond donors (Lipinski definition) is 0. The van der Waals surface area contributed by atoms with Crippen LogP contribution in [0, 0.1) is 11.3 Å². The predicted molar refractivity (Wildman–Crippen MR) is 62.5 cm³/mol. The second kappa shape index (κ2) is 5.46. The van der Waals surface area contributed by atoms with Crippen molar-refractivity contribution in [2.24, 2.45) is 0 Å². The Kier molecular flexibility index (Phi) is 3.73. The van der Waals surface area contributed by atoms with Crippen LogP contribution in [-0.4, -0.2) is 10.1 Å². The maximum atomic E-state index is 8.48. The van der Waals surface area contributed by atoms with Gasteiger partial charge in [0.1, 0.15) is 0 Å². The number of rotatable bonds is 4. The maximum absolute atomic E-state index is 8.48. The highest BCUT2D eigenvalue weighted by atomic mass is 35.5. The average Bonchev–Trinajstić information content (AvgIpc) is 2.77. The van der Waals surface area contributed by atoms with Crippen molar-refractivity contribution in [3.05, 3.63) is 46.6 Å². The fraction of sp³-hybridized carbons (Fsp3) is 0.250. The summed E-state index contributed by atoms with van der Waals surface area (Å²) in [5.74, 6) is 1.00. The van der Waals surface area contributed by atoms with E-state index in [1.54, 1.807) is 0 Å². The lowest BCUT2D eigenvalue weighted by Gasteiger charge is -1.97. The fourth-order valence-corrected chi connectivity index (χ4v) is 1.56. The number of nitriles is 1. The van der Waals surface area contributed by atoms with E-state index in [1.807, 2.05) is 30.3 Å². The van der Waals surface area contributed by atoms with E-state index in [9.17, 15) is 0 Å². The number of benzene rings is 1. The molecule has 2 aromatic rings. The minimum atomic E-state index is 0.185. The molecular formula is C12H10ClN3O. The van der Waals surface area contributed by atoms with Crippen LogP contribution in [0.25, 0.3) is 0 Å². The van der Waals surface area contributed by atoms with Crippen LogP contribution in [0.4, 0.5) is 0 Å². The molecule has 2 rings (SSSR count). The molecule has 4 nitrogen and oxygen atoms in total. The summed E-state index contributed by atoms with van der Waals surface area (Å²) in [7, 11) is 0. The largest absolute Gasteiger partial charge is 0.339 e. The van der Waals surface area contributed by atoms with Gasteiger partial charge in [-0.15, -0.1) is 0 Å². The van der Waals surface area contributed by atoms with E-state index < -0.39 is 0 Å². The maximum Gasteiger partial charge on any atom is 0.227 e. The van der Waals surface area contributed by atoms with E-state index in [-0.39, 0.29) is 6.42 Å². The van der Waals surface area contributed by atoms with Gasteiger partial charge in [-0.3, -0.25) is 0 Å². The Morgan fingerprint density at radius 1 is 1.24 bits per heavy atom. The molecule has 0 aliphatic carbocycles. The van der Waals surface area contributed by atoms with E-state index >= 15 is 0 Å². The third kappa shape index (κ3) is 3.30. The Morgan fingerprint density at radius 3 is 2.71 bits per heavy atom. The third-order valence-electron chi connectivity index (χ3n) is 2.29. The smallest absolute Gasteiger partial charge is 0.227 e. The summed E-state index contributed by atoms with van der Waals surface area (Å²) in [6, 6.07) is 9.62. The molecule has 0 unspecified atom stereocenters. The zero-order valence-electron chi connectivity index (χ0n) is 9.06. The van der Waals surface area contributed by atoms with E-state index in [0.717, 1.165) is 17.0 Å². The summed E-state index contributed by atoms with van der Waals surface area (Å²) in [5.41, 5.74) is 1.16. The molecule has 86 valence electrons. The zero-order valence-corrected chi connectivity index (χ0v) is 9.81. The highest BCUT2D eigenvalue weighted by Crippen LogP contribution is 2.11. The van der Waals surface area contributed by atoms with Gasteiger partial charge in [-0.2, -0.15) is 10.2 Å². The molecule has 0 radical (unpaired) electrons. The van der Waals surface area contributed by atoms with Crippen LogP contribution in [0.15, 0.2) is 28.8 Å². The predicted octanol–water partition coefficient (Wildman–Crippen LogP) is 2.57. The van der Waals surface area contributed by atoms with Crippen molar-refractivity contribution in [1.82, 2.24) is 10.1 Å². The lowest BCUT2D eigenvalue weighted by atomic mass is 10.1. The van der Waals surface area contributed by atoms with Crippen LogP contribution in [0.2, 0.25) is 5.02 Å². The first-order chi connectivity index (χ1) is 8.28. The average molecular weight is 248 g/mol. The molecule has 0 saturated carbocycles. The standard InChI is InChI=1S/C12H10ClN3O/c13-10-4-1-9(2-5-10)3-6-12-15-11(7-8-14)16-17-12/h1-2,4-5H,3,6-7H2. The second-order valence-electron chi connectivity index (χ2n) is 3.57. The summed E-state index contributed by atoms with van der Waals surface area (Å²) in [5, 5.41) is 12.9. The monoisotopic (exact) mass is 247 g/mol. The lowest BCUT2D eigenvalue weighted by Crippen LogP contribution is -1.92. The fourth-order valence-electron chi connectivity index (χ4n) is 1.44. The lowest BCUT2D eigenvalue weighted by molar-refractivity contribution is 0.374. The molecule has 0 fully saturated rings. The van der Waals surface area contributed by atoms with Crippen LogP contribution in [0.3, 0.4) is 0 Å². The topological polar surface area (TPSA) is 62.7 Å². The highest BCUT2D eigenvalue weighted by molar-refractivity contribution is 6.30. The molecular weight excluding hydrogens is 238 g/mol. The van der Waals surface area contributed by atoms with Gasteiger partial charge < -0.3 is 4.52 Å². The molecule has 0 spiro atoms. The van der Waals surface area contributed by atoms with Gasteiger partial charge in [0, 0.05) is 11.4 Å². The zero-order chi connectivity index (χ0) is 12.1. The first-order valence-corrected chi connectivity index (χ1v) is 5.58. The number of aryl methyl sites for hydroxylation is 2. The molecule has 1 aromatic heterocycles. The van der Waals surface area contributed by atoms with Crippen molar-refractivity contribution in [3.63, 3.8) is 0 Å². The second-order valence-corrected chi connectivity index (χ2v) is 4.00. The molecule has 5 heteroatoms. The summed E-state index contributed by atoms with van der Waals surface area (Å²) in [4.78, 5) is 4.11. The molecule has 0 N–H and O–H groups in total. The number of nitrogens with zero attached hydrogens (tertiary/aromatic N) is 3. The van der Waals surface area contributed by atoms with Gasteiger partial charge >= 0.3 is 0 Å². The van der Waals surface area contributed by atoms with Gasteiger partial charge in [0.05, 0.1) is 12.5 Å². The summed E-state index contributed by atoms with van der Waals surface area (Å²) >= 11 is 5.80. The summed E-state index contributed by atoms with van der Waals surface area (Å²) < 4.78 is 5.02. The minimum absolute atomic E-state index is 0.185. The quantitative estimate of drug-likeness (QED) is 0.833. The number of halogens is 1. The van der Waals surface area contributed by atoms with Crippen LogP contribution in [0.5, 0.6) is 0 Å². The van der Waals surface area contributed by atoms with Gasteiger partial charge in [0.2, 0.25) is 5.89 Å². The van der Waals surface area contributed by atoms with Crippen molar-refractivity contribution in [2.75, 3.05) is 0 Å². The SMILES string of the molecule is N#CCc1noc(CCc2ccc(Cl)cc2)n1. The molecule has 0 amide bonds. The normalized spacial score (nSPS) is 10.1. The third-order valence-corrected chi connectivity index (χ3v) is 2.54. The first kappa shape index (κ1) is 11.6. The van der Waals surface area contributed by atoms with Crippen LogP contribution >= 0.6 is 11.6 Å². The van der Waals surface area contributed by atoms with Gasteiger partial charge in [-0.25, -0.2) is 0 Å². The Hall–Kier alpha value is -1.86. The Labute approximate surface area is 104 Å². The van der Waals surface area contributed by atoms with Gasteiger partial charge in [0.15, 0.2) is 5.82 Å². The summed E-state index contributed by atoms with van der Waals surface area (Å²) in [6.45, 7) is 0. The summed E-state index contributed by atoms with van der Waals surface area (Å²) in [6.07, 6.45) is 1.66. The molecule has 1 heterocycles.